The third kappa shape index (κ3) is 3.09. The van der Waals surface area contributed by atoms with Crippen LogP contribution in [0.25, 0.3) is 0 Å². The van der Waals surface area contributed by atoms with Gasteiger partial charge in [-0.25, -0.2) is 0 Å². The van der Waals surface area contributed by atoms with Crippen molar-refractivity contribution in [3.63, 3.8) is 0 Å². The van der Waals surface area contributed by atoms with E-state index in [1.54, 1.807) is 0 Å². The van der Waals surface area contributed by atoms with Crippen LogP contribution in [0, 0.1) is 0 Å². The summed E-state index contributed by atoms with van der Waals surface area (Å²) in [6.45, 7) is 5.19. The van der Waals surface area contributed by atoms with Gasteiger partial charge in [-0.05, 0) is 26.2 Å². The van der Waals surface area contributed by atoms with Crippen molar-refractivity contribution in [1.29, 1.82) is 0 Å². The Morgan fingerprint density at radius 3 is 3.00 bits per heavy atom. The van der Waals surface area contributed by atoms with Crippen LogP contribution >= 0.6 is 0 Å². The van der Waals surface area contributed by atoms with E-state index in [1.807, 2.05) is 6.92 Å². The molecule has 72 valence electrons. The summed E-state index contributed by atoms with van der Waals surface area (Å²) in [5.74, 6) is 0. The molecule has 0 radical (unpaired) electrons. The predicted molar refractivity (Wildman–Crippen MR) is 48.1 cm³/mol. The summed E-state index contributed by atoms with van der Waals surface area (Å²) in [5, 5.41) is 0. The van der Waals surface area contributed by atoms with Gasteiger partial charge in [-0.2, -0.15) is 0 Å². The number of hydrogen-bond acceptors (Lipinski definition) is 3. The van der Waals surface area contributed by atoms with Gasteiger partial charge in [0.1, 0.15) is 0 Å². The Kier molecular flexibility index (Phi) is 3.98. The van der Waals surface area contributed by atoms with Crippen LogP contribution in [0.1, 0.15) is 26.2 Å². The Morgan fingerprint density at radius 2 is 2.42 bits per heavy atom. The van der Waals surface area contributed by atoms with E-state index in [1.165, 1.54) is 0 Å². The smallest absolute Gasteiger partial charge is 0.0647 e. The minimum Gasteiger partial charge on any atom is -0.382 e. The Bertz CT molecular complexity index is 122. The molecule has 1 heterocycles. The zero-order chi connectivity index (χ0) is 8.86. The number of ether oxygens (including phenoxy) is 2. The molecule has 0 saturated carbocycles. The lowest BCUT2D eigenvalue weighted by Gasteiger charge is -2.20. The highest BCUT2D eigenvalue weighted by molar-refractivity contribution is 4.87. The second-order valence-electron chi connectivity index (χ2n) is 3.47. The van der Waals surface area contributed by atoms with Crippen molar-refractivity contribution < 1.29 is 9.47 Å². The molecule has 0 aliphatic carbocycles. The average Bonchev–Trinajstić information content (AvgIpc) is 2.47. The van der Waals surface area contributed by atoms with E-state index in [0.717, 1.165) is 45.7 Å². The van der Waals surface area contributed by atoms with Gasteiger partial charge >= 0.3 is 0 Å². The molecule has 12 heavy (non-hydrogen) atoms. The third-order valence-electron chi connectivity index (χ3n) is 2.30. The zero-order valence-electron chi connectivity index (χ0n) is 7.84. The second-order valence-corrected chi connectivity index (χ2v) is 3.47. The molecule has 1 saturated heterocycles. The predicted octanol–water partition coefficient (Wildman–Crippen LogP) is 0.921. The van der Waals surface area contributed by atoms with Crippen molar-refractivity contribution in [2.45, 2.75) is 31.7 Å². The van der Waals surface area contributed by atoms with Crippen LogP contribution in [0.15, 0.2) is 0 Å². The maximum absolute atomic E-state index is 6.06. The van der Waals surface area contributed by atoms with Crippen molar-refractivity contribution >= 4 is 0 Å². The molecule has 0 aromatic heterocycles. The molecular weight excluding hydrogens is 154 g/mol. The first-order valence-electron chi connectivity index (χ1n) is 4.71. The fourth-order valence-electron chi connectivity index (χ4n) is 1.49. The molecule has 1 rings (SSSR count). The van der Waals surface area contributed by atoms with E-state index >= 15 is 0 Å². The van der Waals surface area contributed by atoms with Gasteiger partial charge in [0.15, 0.2) is 0 Å². The molecule has 1 atom stereocenters. The van der Waals surface area contributed by atoms with Crippen molar-refractivity contribution in [2.24, 2.45) is 5.73 Å². The van der Waals surface area contributed by atoms with Crippen LogP contribution in [-0.4, -0.2) is 32.0 Å². The van der Waals surface area contributed by atoms with Crippen LogP contribution < -0.4 is 5.73 Å². The third-order valence-corrected chi connectivity index (χ3v) is 2.30. The molecule has 3 nitrogen and oxygen atoms in total. The molecule has 1 fully saturated rings. The summed E-state index contributed by atoms with van der Waals surface area (Å²) in [5.41, 5.74) is 6.00. The molecular formula is C9H19NO2. The SMILES string of the molecule is CCOCCCC1(N)CCOC1. The highest BCUT2D eigenvalue weighted by Crippen LogP contribution is 2.20. The van der Waals surface area contributed by atoms with Gasteiger partial charge in [0.05, 0.1) is 6.61 Å². The van der Waals surface area contributed by atoms with Crippen molar-refractivity contribution in [1.82, 2.24) is 0 Å². The minimum absolute atomic E-state index is 0.0584. The van der Waals surface area contributed by atoms with Gasteiger partial charge in [-0.3, -0.25) is 0 Å². The normalized spacial score (nSPS) is 29.5. The maximum atomic E-state index is 6.06. The number of rotatable bonds is 5. The Hall–Kier alpha value is -0.120. The average molecular weight is 173 g/mol. The molecule has 0 aromatic rings. The van der Waals surface area contributed by atoms with Crippen molar-refractivity contribution in [3.05, 3.63) is 0 Å². The summed E-state index contributed by atoms with van der Waals surface area (Å²) in [7, 11) is 0. The standard InChI is InChI=1S/C9H19NO2/c1-2-11-6-3-4-9(10)5-7-12-8-9/h2-8,10H2,1H3. The molecule has 3 heteroatoms. The molecule has 0 amide bonds. The molecule has 0 spiro atoms. The van der Waals surface area contributed by atoms with Gasteiger partial charge in [0, 0.05) is 25.4 Å². The van der Waals surface area contributed by atoms with E-state index in [0.29, 0.717) is 0 Å². The lowest BCUT2D eigenvalue weighted by molar-refractivity contribution is 0.132. The van der Waals surface area contributed by atoms with Gasteiger partial charge in [-0.15, -0.1) is 0 Å². The van der Waals surface area contributed by atoms with Gasteiger partial charge < -0.3 is 15.2 Å². The quantitative estimate of drug-likeness (QED) is 0.629. The Balaban J connectivity index is 2.05. The lowest BCUT2D eigenvalue weighted by Crippen LogP contribution is -2.40. The van der Waals surface area contributed by atoms with Gasteiger partial charge in [0.25, 0.3) is 0 Å². The van der Waals surface area contributed by atoms with Crippen LogP contribution in [0.4, 0.5) is 0 Å². The van der Waals surface area contributed by atoms with E-state index in [4.69, 9.17) is 15.2 Å². The van der Waals surface area contributed by atoms with Crippen LogP contribution in [-0.2, 0) is 9.47 Å². The number of hydrogen-bond donors (Lipinski definition) is 1. The minimum atomic E-state index is -0.0584. The first-order chi connectivity index (χ1) is 5.77. The molecule has 0 bridgehead atoms. The van der Waals surface area contributed by atoms with E-state index in [-0.39, 0.29) is 5.54 Å². The van der Waals surface area contributed by atoms with Crippen LogP contribution in [0.5, 0.6) is 0 Å². The van der Waals surface area contributed by atoms with Crippen LogP contribution in [0.2, 0.25) is 0 Å². The zero-order valence-corrected chi connectivity index (χ0v) is 7.84. The fourth-order valence-corrected chi connectivity index (χ4v) is 1.49. The van der Waals surface area contributed by atoms with Crippen LogP contribution in [0.3, 0.4) is 0 Å². The summed E-state index contributed by atoms with van der Waals surface area (Å²) in [6.07, 6.45) is 3.07. The van der Waals surface area contributed by atoms with E-state index < -0.39 is 0 Å². The fraction of sp³-hybridized carbons (Fsp3) is 1.00. The molecule has 1 aliphatic rings. The van der Waals surface area contributed by atoms with E-state index in [9.17, 15) is 0 Å². The Labute approximate surface area is 74.2 Å². The first-order valence-corrected chi connectivity index (χ1v) is 4.71. The molecule has 1 unspecified atom stereocenters. The highest BCUT2D eigenvalue weighted by Gasteiger charge is 2.29. The molecule has 1 aliphatic heterocycles. The van der Waals surface area contributed by atoms with Gasteiger partial charge in [-0.1, -0.05) is 0 Å². The van der Waals surface area contributed by atoms with Gasteiger partial charge in [0.2, 0.25) is 0 Å². The summed E-state index contributed by atoms with van der Waals surface area (Å²) in [4.78, 5) is 0. The monoisotopic (exact) mass is 173 g/mol. The molecule has 0 aromatic carbocycles. The van der Waals surface area contributed by atoms with Crippen molar-refractivity contribution in [2.75, 3.05) is 26.4 Å². The summed E-state index contributed by atoms with van der Waals surface area (Å²) < 4.78 is 10.5. The van der Waals surface area contributed by atoms with E-state index in [2.05, 4.69) is 0 Å². The summed E-state index contributed by atoms with van der Waals surface area (Å²) in [6, 6.07) is 0. The second kappa shape index (κ2) is 4.80. The Morgan fingerprint density at radius 1 is 1.58 bits per heavy atom. The number of nitrogens with two attached hydrogens (primary N) is 1. The largest absolute Gasteiger partial charge is 0.382 e. The topological polar surface area (TPSA) is 44.5 Å². The first kappa shape index (κ1) is 9.96. The maximum Gasteiger partial charge on any atom is 0.0647 e. The lowest BCUT2D eigenvalue weighted by atomic mass is 9.94. The molecule has 2 N–H and O–H groups in total. The highest BCUT2D eigenvalue weighted by atomic mass is 16.5. The van der Waals surface area contributed by atoms with Crippen molar-refractivity contribution in [3.8, 4) is 0 Å². The summed E-state index contributed by atoms with van der Waals surface area (Å²) >= 11 is 0.